The second-order valence-electron chi connectivity index (χ2n) is 6.06. The van der Waals surface area contributed by atoms with Gasteiger partial charge in [0, 0.05) is 32.1 Å². The Bertz CT molecular complexity index is 571. The summed E-state index contributed by atoms with van der Waals surface area (Å²) in [5.41, 5.74) is 1.12. The van der Waals surface area contributed by atoms with Crippen molar-refractivity contribution in [2.75, 3.05) is 27.3 Å². The highest BCUT2D eigenvalue weighted by Crippen LogP contribution is 2.26. The molecule has 0 radical (unpaired) electrons. The molecule has 1 aromatic rings. The lowest BCUT2D eigenvalue weighted by Gasteiger charge is -2.37. The van der Waals surface area contributed by atoms with Gasteiger partial charge in [0.05, 0.1) is 6.54 Å². The molecule has 0 bridgehead atoms. The van der Waals surface area contributed by atoms with Crippen LogP contribution in [0, 0.1) is 10.1 Å². The van der Waals surface area contributed by atoms with Gasteiger partial charge in [-0.15, -0.1) is 6.58 Å². The third kappa shape index (κ3) is 5.01. The van der Waals surface area contributed by atoms with Gasteiger partial charge in [-0.2, -0.15) is 0 Å². The number of hydrogen-bond donors (Lipinski definition) is 0. The summed E-state index contributed by atoms with van der Waals surface area (Å²) in [5, 5.41) is 11.3. The number of likely N-dealkylation sites (tertiary alicyclic amines) is 1. The van der Waals surface area contributed by atoms with E-state index in [0.717, 1.165) is 24.8 Å². The maximum Gasteiger partial charge on any atom is 0.340 e. The van der Waals surface area contributed by atoms with Crippen LogP contribution in [-0.4, -0.2) is 49.3 Å². The van der Waals surface area contributed by atoms with Crippen LogP contribution >= 0.6 is 0 Å². The molecule has 0 spiro atoms. The van der Waals surface area contributed by atoms with Crippen molar-refractivity contribution in [2.45, 2.75) is 37.8 Å². The van der Waals surface area contributed by atoms with E-state index < -0.39 is 12.1 Å². The number of benzene rings is 1. The number of nitro groups is 1. The summed E-state index contributed by atoms with van der Waals surface area (Å²) in [4.78, 5) is 12.8. The highest BCUT2D eigenvalue weighted by molar-refractivity contribution is 5.28. The summed E-state index contributed by atoms with van der Waals surface area (Å²) in [6, 6.07) is 7.53. The number of allylic oxidation sites excluding steroid dienone is 1. The first-order valence-electron chi connectivity index (χ1n) is 8.40. The molecule has 1 fully saturated rings. The Labute approximate surface area is 148 Å². The third-order valence-electron chi connectivity index (χ3n) is 4.42. The van der Waals surface area contributed by atoms with Gasteiger partial charge in [-0.1, -0.05) is 18.2 Å². The van der Waals surface area contributed by atoms with Crippen LogP contribution in [0.25, 0.3) is 0 Å². The zero-order valence-electron chi connectivity index (χ0n) is 14.8. The molecule has 1 atom stereocenters. The highest BCUT2D eigenvalue weighted by Gasteiger charge is 2.42. The number of methoxy groups -OCH3 is 2. The van der Waals surface area contributed by atoms with Gasteiger partial charge in [0.1, 0.15) is 5.75 Å². The van der Waals surface area contributed by atoms with Crippen molar-refractivity contribution in [1.29, 1.82) is 0 Å². The Morgan fingerprint density at radius 3 is 2.56 bits per heavy atom. The van der Waals surface area contributed by atoms with Crippen LogP contribution in [0.4, 0.5) is 0 Å². The summed E-state index contributed by atoms with van der Waals surface area (Å²) in [6.07, 6.45) is 4.14. The fraction of sp³-hybridized carbons (Fsp3) is 0.556. The monoisotopic (exact) mass is 350 g/mol. The molecule has 1 aromatic carbocycles. The van der Waals surface area contributed by atoms with Crippen LogP contribution in [0.5, 0.6) is 5.75 Å². The molecule has 2 rings (SSSR count). The molecule has 25 heavy (non-hydrogen) atoms. The van der Waals surface area contributed by atoms with Crippen LogP contribution in [0.2, 0.25) is 0 Å². The van der Waals surface area contributed by atoms with Crippen molar-refractivity contribution in [3.8, 4) is 5.75 Å². The Balaban J connectivity index is 2.13. The number of ether oxygens (including phenoxy) is 3. The zero-order valence-corrected chi connectivity index (χ0v) is 14.8. The molecule has 1 saturated heterocycles. The Kier molecular flexibility index (Phi) is 6.92. The number of nitrogens with zero attached hydrogens (tertiary/aromatic N) is 2. The average Bonchev–Trinajstić information content (AvgIpc) is 2.63. The van der Waals surface area contributed by atoms with E-state index in [9.17, 15) is 10.1 Å². The van der Waals surface area contributed by atoms with Crippen molar-refractivity contribution in [3.05, 3.63) is 52.6 Å². The molecule has 1 unspecified atom stereocenters. The summed E-state index contributed by atoms with van der Waals surface area (Å²) >= 11 is 0. The topological polar surface area (TPSA) is 74.1 Å². The number of hydrogen-bond acceptors (Lipinski definition) is 6. The predicted octanol–water partition coefficient (Wildman–Crippen LogP) is 2.83. The van der Waals surface area contributed by atoms with Gasteiger partial charge in [-0.3, -0.25) is 10.1 Å². The second kappa shape index (κ2) is 8.94. The summed E-state index contributed by atoms with van der Waals surface area (Å²) in [7, 11) is 2.95. The van der Waals surface area contributed by atoms with E-state index in [1.807, 2.05) is 30.3 Å². The molecule has 1 aliphatic rings. The van der Waals surface area contributed by atoms with Crippen molar-refractivity contribution in [1.82, 2.24) is 4.90 Å². The van der Waals surface area contributed by atoms with E-state index in [1.54, 1.807) is 4.90 Å². The van der Waals surface area contributed by atoms with E-state index in [0.29, 0.717) is 18.7 Å². The molecule has 7 heteroatoms. The smallest absolute Gasteiger partial charge is 0.340 e. The molecule has 1 aliphatic heterocycles. The van der Waals surface area contributed by atoms with E-state index in [-0.39, 0.29) is 11.5 Å². The van der Waals surface area contributed by atoms with E-state index >= 15 is 0 Å². The molecule has 0 saturated carbocycles. The van der Waals surface area contributed by atoms with Crippen molar-refractivity contribution in [3.63, 3.8) is 0 Å². The standard InChI is InChI=1S/C18H26N2O5/c1-4-7-15-9-11-16(12-10-15)25-18(23-2,24-3)14-19-13-6-5-8-17(19)20(21)22/h4,9-12,17H,1,5-8,13-14H2,2-3H3. The molecule has 0 N–H and O–H groups in total. The number of rotatable bonds is 9. The summed E-state index contributed by atoms with van der Waals surface area (Å²) in [6.45, 7) is 4.48. The number of piperidine rings is 1. The van der Waals surface area contributed by atoms with Gasteiger partial charge < -0.3 is 14.2 Å². The lowest BCUT2D eigenvalue weighted by atomic mass is 10.1. The largest absolute Gasteiger partial charge is 0.438 e. The molecule has 7 nitrogen and oxygen atoms in total. The second-order valence-corrected chi connectivity index (χ2v) is 6.06. The fourth-order valence-corrected chi connectivity index (χ4v) is 3.01. The molecule has 0 aliphatic carbocycles. The predicted molar refractivity (Wildman–Crippen MR) is 93.9 cm³/mol. The summed E-state index contributed by atoms with van der Waals surface area (Å²) < 4.78 is 16.9. The van der Waals surface area contributed by atoms with Gasteiger partial charge in [0.2, 0.25) is 0 Å². The van der Waals surface area contributed by atoms with Crippen LogP contribution in [0.3, 0.4) is 0 Å². The maximum atomic E-state index is 11.3. The molecular formula is C18H26N2O5. The molecule has 0 amide bonds. The van der Waals surface area contributed by atoms with Gasteiger partial charge in [0.25, 0.3) is 6.17 Å². The van der Waals surface area contributed by atoms with Gasteiger partial charge in [-0.05, 0) is 37.0 Å². The normalized spacial score (nSPS) is 18.7. The Morgan fingerprint density at radius 1 is 1.32 bits per heavy atom. The first-order valence-corrected chi connectivity index (χ1v) is 8.40. The van der Waals surface area contributed by atoms with Crippen LogP contribution in [0.1, 0.15) is 24.8 Å². The van der Waals surface area contributed by atoms with Crippen molar-refractivity contribution < 1.29 is 19.1 Å². The minimum absolute atomic E-state index is 0.153. The fourth-order valence-electron chi connectivity index (χ4n) is 3.01. The zero-order chi connectivity index (χ0) is 18.3. The Morgan fingerprint density at radius 2 is 2.00 bits per heavy atom. The Hall–Kier alpha value is -1.96. The van der Waals surface area contributed by atoms with Crippen molar-refractivity contribution >= 4 is 0 Å². The molecule has 0 aromatic heterocycles. The first kappa shape index (κ1) is 19.4. The maximum absolute atomic E-state index is 11.3. The highest BCUT2D eigenvalue weighted by atomic mass is 16.9. The van der Waals surface area contributed by atoms with Crippen LogP contribution in [0.15, 0.2) is 36.9 Å². The molecule has 1 heterocycles. The molecular weight excluding hydrogens is 324 g/mol. The summed E-state index contributed by atoms with van der Waals surface area (Å²) in [5.74, 6) is -0.822. The third-order valence-corrected chi connectivity index (χ3v) is 4.42. The van der Waals surface area contributed by atoms with Gasteiger partial charge in [0.15, 0.2) is 0 Å². The molecule has 138 valence electrons. The van der Waals surface area contributed by atoms with E-state index in [1.165, 1.54) is 14.2 Å². The average molecular weight is 350 g/mol. The van der Waals surface area contributed by atoms with Crippen LogP contribution < -0.4 is 4.74 Å². The van der Waals surface area contributed by atoms with Crippen LogP contribution in [-0.2, 0) is 15.9 Å². The quantitative estimate of drug-likeness (QED) is 0.295. The lowest BCUT2D eigenvalue weighted by Crippen LogP contribution is -2.56. The minimum atomic E-state index is -1.40. The lowest BCUT2D eigenvalue weighted by molar-refractivity contribution is -0.558. The van der Waals surface area contributed by atoms with E-state index in [2.05, 4.69) is 6.58 Å². The van der Waals surface area contributed by atoms with Gasteiger partial charge >= 0.3 is 5.97 Å². The van der Waals surface area contributed by atoms with E-state index in [4.69, 9.17) is 14.2 Å². The first-order chi connectivity index (χ1) is 12.0. The minimum Gasteiger partial charge on any atom is -0.438 e. The van der Waals surface area contributed by atoms with Gasteiger partial charge in [-0.25, -0.2) is 4.90 Å². The SMILES string of the molecule is C=CCc1ccc(OC(CN2CCCCC2[N+](=O)[O-])(OC)OC)cc1. The van der Waals surface area contributed by atoms with Crippen molar-refractivity contribution in [2.24, 2.45) is 0 Å².